The van der Waals surface area contributed by atoms with E-state index < -0.39 is 40.7 Å². The van der Waals surface area contributed by atoms with E-state index in [4.69, 9.17) is 14.2 Å². The van der Waals surface area contributed by atoms with Crippen LogP contribution in [0.5, 0.6) is 5.75 Å². The van der Waals surface area contributed by atoms with E-state index in [0.29, 0.717) is 37.5 Å². The molecule has 0 saturated carbocycles. The summed E-state index contributed by atoms with van der Waals surface area (Å²) in [5, 5.41) is 6.60. The first-order valence-electron chi connectivity index (χ1n) is 13.6. The van der Waals surface area contributed by atoms with Gasteiger partial charge in [0.2, 0.25) is 5.91 Å². The van der Waals surface area contributed by atoms with Gasteiger partial charge in [-0.25, -0.2) is 9.48 Å². The molecule has 0 radical (unpaired) electrons. The largest absolute Gasteiger partial charge is 0.497 e. The fourth-order valence-corrected chi connectivity index (χ4v) is 4.24. The van der Waals surface area contributed by atoms with Gasteiger partial charge in [0, 0.05) is 32.2 Å². The summed E-state index contributed by atoms with van der Waals surface area (Å²) in [6, 6.07) is 5.95. The Morgan fingerprint density at radius 3 is 2.24 bits per heavy atom. The summed E-state index contributed by atoms with van der Waals surface area (Å²) in [5.74, 6) is 0.428. The van der Waals surface area contributed by atoms with Crippen LogP contribution < -0.4 is 15.6 Å². The highest BCUT2D eigenvalue weighted by Gasteiger charge is 2.38. The van der Waals surface area contributed by atoms with Crippen molar-refractivity contribution in [3.63, 3.8) is 0 Å². The number of piperazine rings is 1. The molecule has 1 saturated heterocycles. The molecule has 1 aromatic carbocycles. The first-order valence-corrected chi connectivity index (χ1v) is 13.6. The monoisotopic (exact) mass is 597 g/mol. The number of anilines is 1. The van der Waals surface area contributed by atoms with Gasteiger partial charge < -0.3 is 29.3 Å². The molecule has 11 nitrogen and oxygen atoms in total. The van der Waals surface area contributed by atoms with Crippen LogP contribution in [0.4, 0.5) is 23.7 Å². The van der Waals surface area contributed by atoms with E-state index in [1.807, 2.05) is 0 Å². The molecule has 1 fully saturated rings. The van der Waals surface area contributed by atoms with Crippen molar-refractivity contribution in [1.29, 1.82) is 0 Å². The molecular formula is C28H38F3N5O6. The fourth-order valence-electron chi connectivity index (χ4n) is 4.24. The van der Waals surface area contributed by atoms with Crippen molar-refractivity contribution in [3.05, 3.63) is 51.9 Å². The molecule has 2 aromatic rings. The lowest BCUT2D eigenvalue weighted by atomic mass is 10.2. The average Bonchev–Trinajstić information content (AvgIpc) is 2.91. The van der Waals surface area contributed by atoms with E-state index in [9.17, 15) is 27.6 Å². The Morgan fingerprint density at radius 1 is 1.05 bits per heavy atom. The summed E-state index contributed by atoms with van der Waals surface area (Å²) < 4.78 is 58.4. The molecule has 1 aromatic heterocycles. The molecule has 42 heavy (non-hydrogen) atoms. The van der Waals surface area contributed by atoms with Gasteiger partial charge in [-0.3, -0.25) is 9.59 Å². The van der Waals surface area contributed by atoms with Crippen molar-refractivity contribution in [2.24, 2.45) is 0 Å². The van der Waals surface area contributed by atoms with Crippen LogP contribution in [0.25, 0.3) is 0 Å². The number of methoxy groups -OCH3 is 1. The van der Waals surface area contributed by atoms with E-state index in [2.05, 4.69) is 10.4 Å². The van der Waals surface area contributed by atoms with Crippen molar-refractivity contribution in [2.45, 2.75) is 58.5 Å². The standard InChI is InChI=1S/C28H38F3N5O6/c1-19(18-41-15-10-23(37)34-11-13-35(14-12-34)26(39)42-27(2,3)4)33-22-16-32-36(25(38)24(22)28(29,30)31)17-20-6-8-21(40-5)9-7-20/h6-9,16,19,33H,10-15,17-18H2,1-5H3/t19-/m0/s1. The number of rotatable bonds is 10. The van der Waals surface area contributed by atoms with Crippen LogP contribution in [-0.2, 0) is 27.0 Å². The number of halogens is 3. The number of amides is 2. The maximum atomic E-state index is 13.9. The summed E-state index contributed by atoms with van der Waals surface area (Å²) in [6.07, 6.45) is -4.27. The van der Waals surface area contributed by atoms with E-state index in [0.717, 1.165) is 10.9 Å². The molecular weight excluding hydrogens is 559 g/mol. The van der Waals surface area contributed by atoms with E-state index in [-0.39, 0.29) is 32.1 Å². The van der Waals surface area contributed by atoms with Crippen molar-refractivity contribution < 1.29 is 37.0 Å². The number of aromatic nitrogens is 2. The Balaban J connectivity index is 1.49. The zero-order chi connectivity index (χ0) is 31.1. The van der Waals surface area contributed by atoms with Gasteiger partial charge in [-0.05, 0) is 45.4 Å². The van der Waals surface area contributed by atoms with E-state index >= 15 is 0 Å². The lowest BCUT2D eigenvalue weighted by Crippen LogP contribution is -2.51. The summed E-state index contributed by atoms with van der Waals surface area (Å²) in [5.41, 5.74) is -3.09. The maximum absolute atomic E-state index is 13.9. The number of ether oxygens (including phenoxy) is 3. The molecule has 1 aliphatic heterocycles. The topological polar surface area (TPSA) is 115 Å². The smallest absolute Gasteiger partial charge is 0.423 e. The SMILES string of the molecule is COc1ccc(Cn2ncc(N[C@@H](C)COCCC(=O)N3CCN(C(=O)OC(C)(C)C)CC3)c(C(F)(F)F)c2=O)cc1. The molecule has 2 heterocycles. The quantitative estimate of drug-likeness (QED) is 0.414. The minimum absolute atomic E-state index is 0.00800. The van der Waals surface area contributed by atoms with Gasteiger partial charge in [-0.15, -0.1) is 0 Å². The molecule has 0 aliphatic carbocycles. The average molecular weight is 598 g/mol. The maximum Gasteiger partial charge on any atom is 0.423 e. The van der Waals surface area contributed by atoms with E-state index in [1.165, 1.54) is 7.11 Å². The Labute approximate surface area is 242 Å². The molecule has 0 spiro atoms. The van der Waals surface area contributed by atoms with Crippen LogP contribution in [0, 0.1) is 0 Å². The number of benzene rings is 1. The Morgan fingerprint density at radius 2 is 1.67 bits per heavy atom. The zero-order valence-electron chi connectivity index (χ0n) is 24.5. The molecule has 1 atom stereocenters. The lowest BCUT2D eigenvalue weighted by Gasteiger charge is -2.35. The van der Waals surface area contributed by atoms with Crippen molar-refractivity contribution >= 4 is 17.7 Å². The van der Waals surface area contributed by atoms with Crippen LogP contribution in [0.3, 0.4) is 0 Å². The lowest BCUT2D eigenvalue weighted by molar-refractivity contribution is -0.138. The van der Waals surface area contributed by atoms with Gasteiger partial charge in [0.25, 0.3) is 5.56 Å². The summed E-state index contributed by atoms with van der Waals surface area (Å²) in [4.78, 5) is 40.7. The van der Waals surface area contributed by atoms with Crippen LogP contribution >= 0.6 is 0 Å². The highest BCUT2D eigenvalue weighted by Crippen LogP contribution is 2.32. The molecule has 3 rings (SSSR count). The summed E-state index contributed by atoms with van der Waals surface area (Å²) in [7, 11) is 1.49. The van der Waals surface area contributed by atoms with Crippen LogP contribution in [0.15, 0.2) is 35.3 Å². The third kappa shape index (κ3) is 9.36. The van der Waals surface area contributed by atoms with E-state index in [1.54, 1.807) is 61.8 Å². The van der Waals surface area contributed by atoms with Crippen LogP contribution in [0.2, 0.25) is 0 Å². The fraction of sp³-hybridized carbons (Fsp3) is 0.571. The summed E-state index contributed by atoms with van der Waals surface area (Å²) >= 11 is 0. The minimum atomic E-state index is -4.91. The van der Waals surface area contributed by atoms with Crippen LogP contribution in [-0.4, -0.2) is 89.7 Å². The van der Waals surface area contributed by atoms with Gasteiger partial charge in [0.15, 0.2) is 0 Å². The Kier molecular flexibility index (Phi) is 10.8. The second-order valence-electron chi connectivity index (χ2n) is 11.0. The normalized spacial score (nSPS) is 14.9. The number of hydrogen-bond donors (Lipinski definition) is 1. The second-order valence-corrected chi connectivity index (χ2v) is 11.0. The Bertz CT molecular complexity index is 1270. The molecule has 14 heteroatoms. The number of carbonyl (C=O) groups is 2. The van der Waals surface area contributed by atoms with Crippen LogP contribution in [0.1, 0.15) is 45.2 Å². The van der Waals surface area contributed by atoms with Crippen molar-refractivity contribution in [1.82, 2.24) is 19.6 Å². The third-order valence-corrected chi connectivity index (χ3v) is 6.33. The number of carbonyl (C=O) groups excluding carboxylic acids is 2. The predicted octanol–water partition coefficient (Wildman–Crippen LogP) is 3.61. The van der Waals surface area contributed by atoms with Gasteiger partial charge in [0.1, 0.15) is 16.9 Å². The number of nitrogens with one attached hydrogen (secondary N) is 1. The first-order chi connectivity index (χ1) is 19.7. The molecule has 232 valence electrons. The number of nitrogens with zero attached hydrogens (tertiary/aromatic N) is 4. The molecule has 2 amide bonds. The predicted molar refractivity (Wildman–Crippen MR) is 149 cm³/mol. The molecule has 0 bridgehead atoms. The highest BCUT2D eigenvalue weighted by atomic mass is 19.4. The van der Waals surface area contributed by atoms with Gasteiger partial charge in [-0.1, -0.05) is 12.1 Å². The van der Waals surface area contributed by atoms with Gasteiger partial charge >= 0.3 is 12.3 Å². The third-order valence-electron chi connectivity index (χ3n) is 6.33. The summed E-state index contributed by atoms with van der Waals surface area (Å²) in [6.45, 7) is 8.32. The number of alkyl halides is 3. The molecule has 1 aliphatic rings. The first kappa shape index (κ1) is 32.7. The second kappa shape index (κ2) is 13.9. The highest BCUT2D eigenvalue weighted by molar-refractivity contribution is 5.77. The molecule has 1 N–H and O–H groups in total. The van der Waals surface area contributed by atoms with Gasteiger partial charge in [0.05, 0.1) is 45.2 Å². The minimum Gasteiger partial charge on any atom is -0.497 e. The molecule has 0 unspecified atom stereocenters. The number of hydrogen-bond acceptors (Lipinski definition) is 8. The van der Waals surface area contributed by atoms with Crippen molar-refractivity contribution in [2.75, 3.05) is 51.8 Å². The Hall–Kier alpha value is -3.81. The van der Waals surface area contributed by atoms with Crippen molar-refractivity contribution in [3.8, 4) is 5.75 Å². The zero-order valence-corrected chi connectivity index (χ0v) is 24.5. The van der Waals surface area contributed by atoms with Gasteiger partial charge in [-0.2, -0.15) is 18.3 Å².